The molecule has 1 aromatic carbocycles. The minimum Gasteiger partial charge on any atom is -0.507 e. The van der Waals surface area contributed by atoms with Crippen LogP contribution in [0.2, 0.25) is 0 Å². The van der Waals surface area contributed by atoms with Crippen LogP contribution in [0.15, 0.2) is 18.2 Å². The number of rotatable bonds is 5. The monoisotopic (exact) mass is 264 g/mol. The summed E-state index contributed by atoms with van der Waals surface area (Å²) in [4.78, 5) is 2.29. The van der Waals surface area contributed by atoms with Gasteiger partial charge in [0.05, 0.1) is 7.11 Å². The first-order valence-corrected chi connectivity index (χ1v) is 6.94. The Kier molecular flexibility index (Phi) is 5.05. The largest absolute Gasteiger partial charge is 0.507 e. The number of phenols is 1. The molecule has 0 atom stereocenters. The van der Waals surface area contributed by atoms with E-state index in [4.69, 9.17) is 4.74 Å². The molecule has 0 spiro atoms. The van der Waals surface area contributed by atoms with Crippen LogP contribution in [0, 0.1) is 5.92 Å². The Morgan fingerprint density at radius 1 is 1.37 bits per heavy atom. The molecule has 2 N–H and O–H groups in total. The smallest absolute Gasteiger partial charge is 0.123 e. The number of piperidine rings is 1. The van der Waals surface area contributed by atoms with E-state index in [9.17, 15) is 5.11 Å². The topological polar surface area (TPSA) is 44.7 Å². The maximum Gasteiger partial charge on any atom is 0.123 e. The zero-order chi connectivity index (χ0) is 13.7. The fraction of sp³-hybridized carbons (Fsp3) is 0.600. The lowest BCUT2D eigenvalue weighted by atomic mass is 9.97. The Morgan fingerprint density at radius 3 is 2.74 bits per heavy atom. The number of benzene rings is 1. The fourth-order valence-corrected chi connectivity index (χ4v) is 2.66. The molecule has 0 aliphatic carbocycles. The standard InChI is InChI=1S/C15H24N2O2/c1-17(10-12-5-7-16-8-6-12)11-13-3-4-14(19-2)9-15(13)18/h3-4,9,12,16,18H,5-8,10-11H2,1-2H3. The molecule has 1 fully saturated rings. The summed E-state index contributed by atoms with van der Waals surface area (Å²) in [6.07, 6.45) is 2.50. The van der Waals surface area contributed by atoms with E-state index in [1.165, 1.54) is 12.8 Å². The van der Waals surface area contributed by atoms with E-state index >= 15 is 0 Å². The Morgan fingerprint density at radius 2 is 2.11 bits per heavy atom. The molecule has 4 nitrogen and oxygen atoms in total. The number of aromatic hydroxyl groups is 1. The molecule has 0 bridgehead atoms. The molecule has 0 saturated carbocycles. The highest BCUT2D eigenvalue weighted by atomic mass is 16.5. The van der Waals surface area contributed by atoms with Crippen molar-refractivity contribution in [2.24, 2.45) is 5.92 Å². The van der Waals surface area contributed by atoms with Crippen molar-refractivity contribution in [3.05, 3.63) is 23.8 Å². The van der Waals surface area contributed by atoms with Gasteiger partial charge in [-0.1, -0.05) is 6.07 Å². The number of ether oxygens (including phenoxy) is 1. The second kappa shape index (κ2) is 6.78. The van der Waals surface area contributed by atoms with Crippen molar-refractivity contribution in [2.75, 3.05) is 33.8 Å². The molecule has 0 radical (unpaired) electrons. The maximum absolute atomic E-state index is 9.96. The first-order valence-electron chi connectivity index (χ1n) is 6.94. The second-order valence-corrected chi connectivity index (χ2v) is 5.38. The van der Waals surface area contributed by atoms with Gasteiger partial charge < -0.3 is 20.1 Å². The van der Waals surface area contributed by atoms with Gasteiger partial charge in [-0.3, -0.25) is 0 Å². The molecule has 0 unspecified atom stereocenters. The summed E-state index contributed by atoms with van der Waals surface area (Å²) in [6, 6.07) is 5.51. The van der Waals surface area contributed by atoms with Crippen molar-refractivity contribution < 1.29 is 9.84 Å². The highest BCUT2D eigenvalue weighted by Crippen LogP contribution is 2.25. The molecular weight excluding hydrogens is 240 g/mol. The summed E-state index contributed by atoms with van der Waals surface area (Å²) in [5, 5.41) is 13.3. The van der Waals surface area contributed by atoms with Gasteiger partial charge in [0.25, 0.3) is 0 Å². The Hall–Kier alpha value is -1.26. The van der Waals surface area contributed by atoms with E-state index < -0.39 is 0 Å². The molecular formula is C15H24N2O2. The summed E-state index contributed by atoms with van der Waals surface area (Å²) >= 11 is 0. The quantitative estimate of drug-likeness (QED) is 0.851. The molecule has 2 rings (SSSR count). The van der Waals surface area contributed by atoms with Gasteiger partial charge in [-0.15, -0.1) is 0 Å². The predicted octanol–water partition coefficient (Wildman–Crippen LogP) is 1.83. The minimum atomic E-state index is 0.316. The molecule has 1 aliphatic rings. The van der Waals surface area contributed by atoms with Crippen molar-refractivity contribution >= 4 is 0 Å². The molecule has 0 aromatic heterocycles. The molecule has 1 saturated heterocycles. The van der Waals surface area contributed by atoms with Gasteiger partial charge in [0.1, 0.15) is 11.5 Å². The number of phenolic OH excluding ortho intramolecular Hbond substituents is 1. The zero-order valence-electron chi connectivity index (χ0n) is 11.9. The number of nitrogens with zero attached hydrogens (tertiary/aromatic N) is 1. The van der Waals surface area contributed by atoms with Crippen LogP contribution >= 0.6 is 0 Å². The van der Waals surface area contributed by atoms with E-state index in [2.05, 4.69) is 17.3 Å². The molecule has 0 amide bonds. The lowest BCUT2D eigenvalue weighted by Gasteiger charge is -2.27. The van der Waals surface area contributed by atoms with E-state index in [-0.39, 0.29) is 0 Å². The van der Waals surface area contributed by atoms with Gasteiger partial charge in [0.15, 0.2) is 0 Å². The molecule has 4 heteroatoms. The molecule has 106 valence electrons. The Bertz CT molecular complexity index is 403. The van der Waals surface area contributed by atoms with E-state index in [0.29, 0.717) is 11.5 Å². The third-order valence-electron chi connectivity index (χ3n) is 3.76. The van der Waals surface area contributed by atoms with Gasteiger partial charge in [0, 0.05) is 24.7 Å². The maximum atomic E-state index is 9.96. The van der Waals surface area contributed by atoms with Crippen molar-refractivity contribution in [1.29, 1.82) is 0 Å². The summed E-state index contributed by atoms with van der Waals surface area (Å²) < 4.78 is 5.10. The number of hydrogen-bond donors (Lipinski definition) is 2. The number of methoxy groups -OCH3 is 1. The predicted molar refractivity (Wildman–Crippen MR) is 76.6 cm³/mol. The van der Waals surface area contributed by atoms with Gasteiger partial charge >= 0.3 is 0 Å². The Labute approximate surface area is 115 Å². The first-order chi connectivity index (χ1) is 9.19. The summed E-state index contributed by atoms with van der Waals surface area (Å²) in [5.41, 5.74) is 0.956. The number of nitrogens with one attached hydrogen (secondary N) is 1. The van der Waals surface area contributed by atoms with Crippen molar-refractivity contribution in [3.8, 4) is 11.5 Å². The van der Waals surface area contributed by atoms with Crippen molar-refractivity contribution in [1.82, 2.24) is 10.2 Å². The van der Waals surface area contributed by atoms with Gasteiger partial charge in [-0.25, -0.2) is 0 Å². The fourth-order valence-electron chi connectivity index (χ4n) is 2.66. The third kappa shape index (κ3) is 4.11. The van der Waals surface area contributed by atoms with Crippen LogP contribution < -0.4 is 10.1 Å². The van der Waals surface area contributed by atoms with Gasteiger partial charge in [-0.05, 0) is 45.0 Å². The van der Waals surface area contributed by atoms with Crippen LogP contribution in [0.1, 0.15) is 18.4 Å². The van der Waals surface area contributed by atoms with Gasteiger partial charge in [0.2, 0.25) is 0 Å². The van der Waals surface area contributed by atoms with E-state index in [1.807, 2.05) is 12.1 Å². The number of hydrogen-bond acceptors (Lipinski definition) is 4. The lowest BCUT2D eigenvalue weighted by Crippen LogP contribution is -2.34. The minimum absolute atomic E-state index is 0.316. The van der Waals surface area contributed by atoms with Crippen LogP contribution in [-0.4, -0.2) is 43.8 Å². The van der Waals surface area contributed by atoms with Crippen molar-refractivity contribution in [2.45, 2.75) is 19.4 Å². The summed E-state index contributed by atoms with van der Waals surface area (Å²) in [7, 11) is 3.73. The van der Waals surface area contributed by atoms with Crippen LogP contribution in [0.3, 0.4) is 0 Å². The first kappa shape index (κ1) is 14.2. The van der Waals surface area contributed by atoms with Crippen LogP contribution in [0.5, 0.6) is 11.5 Å². The normalized spacial score (nSPS) is 16.8. The second-order valence-electron chi connectivity index (χ2n) is 5.38. The molecule has 19 heavy (non-hydrogen) atoms. The SMILES string of the molecule is COc1ccc(CN(C)CC2CCNCC2)c(O)c1. The van der Waals surface area contributed by atoms with Crippen LogP contribution in [0.25, 0.3) is 0 Å². The van der Waals surface area contributed by atoms with Gasteiger partial charge in [-0.2, -0.15) is 0 Å². The molecule has 1 aliphatic heterocycles. The highest BCUT2D eigenvalue weighted by Gasteiger charge is 2.15. The zero-order valence-corrected chi connectivity index (χ0v) is 11.9. The molecule has 1 aromatic rings. The van der Waals surface area contributed by atoms with E-state index in [0.717, 1.165) is 37.7 Å². The van der Waals surface area contributed by atoms with E-state index in [1.54, 1.807) is 13.2 Å². The van der Waals surface area contributed by atoms with Crippen LogP contribution in [-0.2, 0) is 6.54 Å². The lowest BCUT2D eigenvalue weighted by molar-refractivity contribution is 0.232. The van der Waals surface area contributed by atoms with Crippen molar-refractivity contribution in [3.63, 3.8) is 0 Å². The summed E-state index contributed by atoms with van der Waals surface area (Å²) in [6.45, 7) is 4.13. The average molecular weight is 264 g/mol. The summed E-state index contributed by atoms with van der Waals surface area (Å²) in [5.74, 6) is 1.78. The average Bonchev–Trinajstić information content (AvgIpc) is 2.42. The molecule has 1 heterocycles. The highest BCUT2D eigenvalue weighted by molar-refractivity contribution is 5.39. The Balaban J connectivity index is 1.88. The van der Waals surface area contributed by atoms with Crippen LogP contribution in [0.4, 0.5) is 0 Å². The third-order valence-corrected chi connectivity index (χ3v) is 3.76.